The average Bonchev–Trinajstić information content (AvgIpc) is 2.50. The third kappa shape index (κ3) is 6.30. The number of halogens is 3. The van der Waals surface area contributed by atoms with Crippen LogP contribution in [0, 0.1) is 11.8 Å². The summed E-state index contributed by atoms with van der Waals surface area (Å²) in [6.45, 7) is 7.04. The zero-order chi connectivity index (χ0) is 16.2. The molecule has 7 heteroatoms. The molecular weight excluding hydrogens is 381 g/mol. The van der Waals surface area contributed by atoms with E-state index in [0.29, 0.717) is 12.0 Å². The first-order valence-electron chi connectivity index (χ1n) is 8.59. The number of nitrogens with zero attached hydrogens (tertiary/aromatic N) is 1. The Kier molecular flexibility index (Phi) is 9.54. The summed E-state index contributed by atoms with van der Waals surface area (Å²) in [5, 5.41) is 7.27. The average molecular weight is 409 g/mol. The van der Waals surface area contributed by atoms with E-state index in [9.17, 15) is 4.79 Å². The number of piperidine rings is 1. The number of amides is 1. The number of benzene rings is 1. The molecule has 0 spiro atoms. The van der Waals surface area contributed by atoms with Crippen LogP contribution in [0.4, 0.5) is 0 Å². The molecule has 0 aliphatic carbocycles. The molecule has 2 saturated heterocycles. The Hall–Kier alpha value is -0.520. The highest BCUT2D eigenvalue weighted by Gasteiger charge is 2.30. The van der Waals surface area contributed by atoms with Crippen molar-refractivity contribution in [3.8, 4) is 0 Å². The molecule has 0 saturated carbocycles. The predicted octanol–water partition coefficient (Wildman–Crippen LogP) is 3.12. The highest BCUT2D eigenvalue weighted by molar-refractivity contribution is 6.30. The number of carbonyl (C=O) groups is 1. The highest BCUT2D eigenvalue weighted by atomic mass is 35.5. The summed E-state index contributed by atoms with van der Waals surface area (Å²) in [7, 11) is 0. The van der Waals surface area contributed by atoms with E-state index >= 15 is 0 Å². The zero-order valence-electron chi connectivity index (χ0n) is 14.5. The van der Waals surface area contributed by atoms with Crippen LogP contribution in [0.2, 0.25) is 5.02 Å². The van der Waals surface area contributed by atoms with Gasteiger partial charge in [0.1, 0.15) is 0 Å². The largest absolute Gasteiger partial charge is 0.353 e. The number of rotatable bonds is 5. The molecule has 2 aliphatic rings. The lowest BCUT2D eigenvalue weighted by molar-refractivity contribution is -0.127. The summed E-state index contributed by atoms with van der Waals surface area (Å²) in [4.78, 5) is 14.7. The molecule has 3 rings (SSSR count). The van der Waals surface area contributed by atoms with Gasteiger partial charge in [-0.05, 0) is 49.5 Å². The molecule has 1 unspecified atom stereocenters. The van der Waals surface area contributed by atoms with Gasteiger partial charge in [-0.1, -0.05) is 30.7 Å². The number of hydrogen-bond acceptors (Lipinski definition) is 3. The predicted molar refractivity (Wildman–Crippen MR) is 108 cm³/mol. The first kappa shape index (κ1) is 22.5. The Morgan fingerprint density at radius 3 is 2.36 bits per heavy atom. The molecule has 2 heterocycles. The lowest BCUT2D eigenvalue weighted by Gasteiger charge is -2.35. The zero-order valence-corrected chi connectivity index (χ0v) is 16.9. The summed E-state index contributed by atoms with van der Waals surface area (Å²) in [5.74, 6) is 0.871. The van der Waals surface area contributed by atoms with Crippen LogP contribution in [-0.2, 0) is 11.3 Å². The van der Waals surface area contributed by atoms with E-state index in [4.69, 9.17) is 11.6 Å². The van der Waals surface area contributed by atoms with Crippen LogP contribution in [0.15, 0.2) is 24.3 Å². The standard InChI is InChI=1S/C18H26ClN3O.2ClH/c1-13(15-10-20-11-15)18(23)21-17-6-8-22(9-7-17)12-14-2-4-16(19)5-3-14;;/h2-5,13,15,17,20H,6-12H2,1H3,(H,21,23);2*1H. The Labute approximate surface area is 167 Å². The van der Waals surface area contributed by atoms with Gasteiger partial charge in [0.05, 0.1) is 0 Å². The van der Waals surface area contributed by atoms with E-state index in [1.165, 1.54) is 5.56 Å². The quantitative estimate of drug-likeness (QED) is 0.787. The molecule has 142 valence electrons. The van der Waals surface area contributed by atoms with Crippen LogP contribution in [-0.4, -0.2) is 43.0 Å². The molecular formula is C18H28Cl3N3O. The summed E-state index contributed by atoms with van der Waals surface area (Å²) in [5.41, 5.74) is 1.29. The fourth-order valence-electron chi connectivity index (χ4n) is 3.29. The molecule has 25 heavy (non-hydrogen) atoms. The summed E-state index contributed by atoms with van der Waals surface area (Å²) in [6.07, 6.45) is 2.07. The van der Waals surface area contributed by atoms with E-state index in [1.54, 1.807) is 0 Å². The van der Waals surface area contributed by atoms with Gasteiger partial charge in [0, 0.05) is 36.6 Å². The molecule has 0 bridgehead atoms. The van der Waals surface area contributed by atoms with E-state index in [0.717, 1.165) is 50.6 Å². The fourth-order valence-corrected chi connectivity index (χ4v) is 3.42. The molecule has 0 radical (unpaired) electrons. The van der Waals surface area contributed by atoms with Crippen molar-refractivity contribution >= 4 is 42.3 Å². The molecule has 2 fully saturated rings. The third-order valence-electron chi connectivity index (χ3n) is 5.19. The number of likely N-dealkylation sites (tertiary alicyclic amines) is 1. The summed E-state index contributed by atoms with van der Waals surface area (Å²) >= 11 is 5.93. The van der Waals surface area contributed by atoms with Crippen LogP contribution in [0.25, 0.3) is 0 Å². The maximum Gasteiger partial charge on any atom is 0.223 e. The van der Waals surface area contributed by atoms with E-state index < -0.39 is 0 Å². The topological polar surface area (TPSA) is 44.4 Å². The Bertz CT molecular complexity index is 529. The number of nitrogens with one attached hydrogen (secondary N) is 2. The minimum Gasteiger partial charge on any atom is -0.353 e. The van der Waals surface area contributed by atoms with Crippen molar-refractivity contribution in [1.82, 2.24) is 15.5 Å². The first-order valence-corrected chi connectivity index (χ1v) is 8.97. The minimum absolute atomic E-state index is 0. The Morgan fingerprint density at radius 1 is 1.24 bits per heavy atom. The minimum atomic E-state index is 0. The monoisotopic (exact) mass is 407 g/mol. The van der Waals surface area contributed by atoms with Gasteiger partial charge >= 0.3 is 0 Å². The van der Waals surface area contributed by atoms with Gasteiger partial charge in [-0.15, -0.1) is 24.8 Å². The van der Waals surface area contributed by atoms with E-state index in [-0.39, 0.29) is 36.6 Å². The normalized spacial score (nSPS) is 19.9. The summed E-state index contributed by atoms with van der Waals surface area (Å²) in [6, 6.07) is 8.40. The maximum absolute atomic E-state index is 12.3. The third-order valence-corrected chi connectivity index (χ3v) is 5.44. The van der Waals surface area contributed by atoms with Gasteiger partial charge in [-0.2, -0.15) is 0 Å². The molecule has 4 nitrogen and oxygen atoms in total. The number of hydrogen-bond donors (Lipinski definition) is 2. The van der Waals surface area contributed by atoms with Crippen molar-refractivity contribution in [2.75, 3.05) is 26.2 Å². The van der Waals surface area contributed by atoms with Crippen molar-refractivity contribution in [2.45, 2.75) is 32.4 Å². The molecule has 1 amide bonds. The van der Waals surface area contributed by atoms with Gasteiger partial charge < -0.3 is 10.6 Å². The smallest absolute Gasteiger partial charge is 0.223 e. The molecule has 2 N–H and O–H groups in total. The lowest BCUT2D eigenvalue weighted by Crippen LogP contribution is -2.52. The van der Waals surface area contributed by atoms with Gasteiger partial charge in [0.25, 0.3) is 0 Å². The van der Waals surface area contributed by atoms with Crippen LogP contribution >= 0.6 is 36.4 Å². The fraction of sp³-hybridized carbons (Fsp3) is 0.611. The van der Waals surface area contributed by atoms with Crippen molar-refractivity contribution in [3.05, 3.63) is 34.9 Å². The second-order valence-corrected chi connectivity index (χ2v) is 7.33. The molecule has 1 aromatic rings. The lowest BCUT2D eigenvalue weighted by atomic mass is 9.88. The van der Waals surface area contributed by atoms with Gasteiger partial charge in [0.15, 0.2) is 0 Å². The maximum atomic E-state index is 12.3. The van der Waals surface area contributed by atoms with Crippen molar-refractivity contribution < 1.29 is 4.79 Å². The number of carbonyl (C=O) groups excluding carboxylic acids is 1. The van der Waals surface area contributed by atoms with E-state index in [2.05, 4.69) is 34.6 Å². The molecule has 0 aromatic heterocycles. The summed E-state index contributed by atoms with van der Waals surface area (Å²) < 4.78 is 0. The van der Waals surface area contributed by atoms with Gasteiger partial charge in [0.2, 0.25) is 5.91 Å². The first-order chi connectivity index (χ1) is 11.1. The van der Waals surface area contributed by atoms with Crippen LogP contribution in [0.5, 0.6) is 0 Å². The Balaban J connectivity index is 0.00000156. The van der Waals surface area contributed by atoms with Gasteiger partial charge in [-0.25, -0.2) is 0 Å². The van der Waals surface area contributed by atoms with Gasteiger partial charge in [-0.3, -0.25) is 9.69 Å². The van der Waals surface area contributed by atoms with Crippen LogP contribution < -0.4 is 10.6 Å². The second kappa shape index (κ2) is 10.6. The Morgan fingerprint density at radius 2 is 1.84 bits per heavy atom. The molecule has 2 aliphatic heterocycles. The highest BCUT2D eigenvalue weighted by Crippen LogP contribution is 2.19. The second-order valence-electron chi connectivity index (χ2n) is 6.89. The van der Waals surface area contributed by atoms with Crippen molar-refractivity contribution in [2.24, 2.45) is 11.8 Å². The molecule has 1 aromatic carbocycles. The van der Waals surface area contributed by atoms with Crippen LogP contribution in [0.1, 0.15) is 25.3 Å². The van der Waals surface area contributed by atoms with Crippen molar-refractivity contribution in [1.29, 1.82) is 0 Å². The SMILES string of the molecule is CC(C(=O)NC1CCN(Cc2ccc(Cl)cc2)CC1)C1CNC1.Cl.Cl. The van der Waals surface area contributed by atoms with Crippen LogP contribution in [0.3, 0.4) is 0 Å². The molecule has 1 atom stereocenters. The van der Waals surface area contributed by atoms with Crippen molar-refractivity contribution in [3.63, 3.8) is 0 Å². The van der Waals surface area contributed by atoms with E-state index in [1.807, 2.05) is 12.1 Å².